The Morgan fingerprint density at radius 3 is 3.00 bits per heavy atom. The Morgan fingerprint density at radius 2 is 2.17 bits per heavy atom. The van der Waals surface area contributed by atoms with Gasteiger partial charge in [0.1, 0.15) is 11.5 Å². The van der Waals surface area contributed by atoms with Crippen molar-refractivity contribution in [3.8, 4) is 0 Å². The topological polar surface area (TPSA) is 77.0 Å². The molecule has 1 amide bonds. The first kappa shape index (κ1) is 15.2. The van der Waals surface area contributed by atoms with E-state index in [9.17, 15) is 4.79 Å². The average molecular weight is 325 g/mol. The van der Waals surface area contributed by atoms with Gasteiger partial charge in [0.2, 0.25) is 0 Å². The van der Waals surface area contributed by atoms with Gasteiger partial charge >= 0.3 is 0 Å². The van der Waals surface area contributed by atoms with Gasteiger partial charge in [0, 0.05) is 30.7 Å². The number of imidazole rings is 1. The molecule has 24 heavy (non-hydrogen) atoms. The van der Waals surface area contributed by atoms with Crippen molar-refractivity contribution in [2.45, 2.75) is 45.1 Å². The molecular formula is C18H23N5O. The van der Waals surface area contributed by atoms with Crippen molar-refractivity contribution < 1.29 is 4.79 Å². The maximum atomic E-state index is 11.4. The molecule has 1 atom stereocenters. The Bertz CT molecular complexity index is 782. The summed E-state index contributed by atoms with van der Waals surface area (Å²) in [5.41, 5.74) is 9.44. The third-order valence-electron chi connectivity index (χ3n) is 5.24. The number of carbonyl (C=O) groups excluding carboxylic acids is 1. The van der Waals surface area contributed by atoms with Gasteiger partial charge in [0.05, 0.1) is 11.7 Å². The van der Waals surface area contributed by atoms with Gasteiger partial charge in [-0.15, -0.1) is 0 Å². The molecule has 0 saturated carbocycles. The number of anilines is 1. The van der Waals surface area contributed by atoms with Crippen LogP contribution in [0.3, 0.4) is 0 Å². The highest BCUT2D eigenvalue weighted by Gasteiger charge is 2.29. The second-order valence-corrected chi connectivity index (χ2v) is 6.78. The Hall–Kier alpha value is -2.37. The quantitative estimate of drug-likeness (QED) is 0.936. The predicted octanol–water partition coefficient (Wildman–Crippen LogP) is 2.02. The minimum Gasteiger partial charge on any atom is -0.369 e. The smallest absolute Gasteiger partial charge is 0.267 e. The molecular weight excluding hydrogens is 302 g/mol. The van der Waals surface area contributed by atoms with Crippen LogP contribution in [0.15, 0.2) is 18.3 Å². The van der Waals surface area contributed by atoms with Crippen LogP contribution in [0.4, 0.5) is 5.69 Å². The van der Waals surface area contributed by atoms with Crippen LogP contribution in [-0.4, -0.2) is 33.5 Å². The molecule has 1 saturated heterocycles. The van der Waals surface area contributed by atoms with Crippen LogP contribution in [-0.2, 0) is 12.8 Å². The number of fused-ring (bicyclic) bond motifs is 1. The summed E-state index contributed by atoms with van der Waals surface area (Å²) in [5, 5.41) is 0. The fourth-order valence-electron chi connectivity index (χ4n) is 4.12. The zero-order chi connectivity index (χ0) is 16.7. The lowest BCUT2D eigenvalue weighted by Crippen LogP contribution is -2.23. The predicted molar refractivity (Wildman–Crippen MR) is 92.2 cm³/mol. The molecule has 0 radical (unpaired) electrons. The van der Waals surface area contributed by atoms with Crippen molar-refractivity contribution in [1.29, 1.82) is 0 Å². The van der Waals surface area contributed by atoms with Gasteiger partial charge in [-0.1, -0.05) is 0 Å². The van der Waals surface area contributed by atoms with Gasteiger partial charge < -0.3 is 15.2 Å². The number of aryl methyl sites for hydroxylation is 2. The molecule has 6 heteroatoms. The average Bonchev–Trinajstić information content (AvgIpc) is 3.18. The molecule has 4 rings (SSSR count). The van der Waals surface area contributed by atoms with Crippen molar-refractivity contribution in [3.05, 3.63) is 41.2 Å². The highest BCUT2D eigenvalue weighted by atomic mass is 16.1. The molecule has 2 aromatic heterocycles. The summed E-state index contributed by atoms with van der Waals surface area (Å²) >= 11 is 0. The summed E-state index contributed by atoms with van der Waals surface area (Å²) in [6, 6.07) is 4.19. The lowest BCUT2D eigenvalue weighted by Gasteiger charge is -2.22. The maximum Gasteiger partial charge on any atom is 0.267 e. The summed E-state index contributed by atoms with van der Waals surface area (Å²) in [7, 11) is 0. The van der Waals surface area contributed by atoms with E-state index in [2.05, 4.69) is 21.4 Å². The third kappa shape index (κ3) is 2.56. The van der Waals surface area contributed by atoms with E-state index in [1.807, 2.05) is 6.07 Å². The molecule has 2 aliphatic rings. The summed E-state index contributed by atoms with van der Waals surface area (Å²) in [6.07, 6.45) is 7.54. The Labute approximate surface area is 141 Å². The number of primary amides is 1. The number of aromatic nitrogens is 3. The van der Waals surface area contributed by atoms with Gasteiger partial charge in [0.15, 0.2) is 0 Å². The minimum atomic E-state index is -0.480. The number of amides is 1. The van der Waals surface area contributed by atoms with E-state index in [0.717, 1.165) is 43.9 Å². The summed E-state index contributed by atoms with van der Waals surface area (Å²) in [6.45, 7) is 4.03. The second-order valence-electron chi connectivity index (χ2n) is 6.78. The summed E-state index contributed by atoms with van der Waals surface area (Å²) < 4.78 is 2.46. The number of hydrogen-bond acceptors (Lipinski definition) is 4. The van der Waals surface area contributed by atoms with Gasteiger partial charge in [-0.2, -0.15) is 0 Å². The number of hydrogen-bond donors (Lipinski definition) is 1. The molecule has 126 valence electrons. The molecule has 0 bridgehead atoms. The first-order valence-electron chi connectivity index (χ1n) is 8.71. The zero-order valence-corrected chi connectivity index (χ0v) is 14.0. The monoisotopic (exact) mass is 325 g/mol. The second kappa shape index (κ2) is 5.92. The van der Waals surface area contributed by atoms with Crippen LogP contribution in [0.2, 0.25) is 0 Å². The first-order valence-corrected chi connectivity index (χ1v) is 8.71. The number of rotatable bonds is 3. The number of carbonyl (C=O) groups is 1. The first-order chi connectivity index (χ1) is 11.6. The number of nitrogens with two attached hydrogens (primary N) is 1. The Kier molecular flexibility index (Phi) is 3.75. The molecule has 2 aromatic rings. The molecule has 1 aliphatic heterocycles. The van der Waals surface area contributed by atoms with E-state index in [1.165, 1.54) is 24.2 Å². The fourth-order valence-corrected chi connectivity index (χ4v) is 4.12. The van der Waals surface area contributed by atoms with Crippen molar-refractivity contribution in [2.75, 3.05) is 18.0 Å². The van der Waals surface area contributed by atoms with E-state index in [-0.39, 0.29) is 0 Å². The SMILES string of the molecule is Cc1nc2c(n1C1CCN(c3ccnc(C(N)=O)c3)C1)CCCC2. The van der Waals surface area contributed by atoms with Crippen LogP contribution in [0.1, 0.15) is 53.0 Å². The van der Waals surface area contributed by atoms with Gasteiger partial charge in [-0.05, 0) is 51.2 Å². The van der Waals surface area contributed by atoms with E-state index in [0.29, 0.717) is 11.7 Å². The van der Waals surface area contributed by atoms with Crippen LogP contribution in [0.5, 0.6) is 0 Å². The molecule has 1 unspecified atom stereocenters. The van der Waals surface area contributed by atoms with Crippen LogP contribution >= 0.6 is 0 Å². The fraction of sp³-hybridized carbons (Fsp3) is 0.500. The molecule has 0 spiro atoms. The normalized spacial score (nSPS) is 20.2. The van der Waals surface area contributed by atoms with E-state index >= 15 is 0 Å². The number of nitrogens with zero attached hydrogens (tertiary/aromatic N) is 4. The summed E-state index contributed by atoms with van der Waals surface area (Å²) in [5.74, 6) is 0.661. The van der Waals surface area contributed by atoms with Crippen molar-refractivity contribution in [3.63, 3.8) is 0 Å². The number of pyridine rings is 1. The standard InChI is InChI=1S/C18H23N5O/c1-12-21-15-4-2-3-5-17(15)23(12)14-7-9-22(11-14)13-6-8-20-16(10-13)18(19)24/h6,8,10,14H,2-5,7,9,11H2,1H3,(H2,19,24). The van der Waals surface area contributed by atoms with Gasteiger partial charge in [0.25, 0.3) is 5.91 Å². The molecule has 3 heterocycles. The van der Waals surface area contributed by atoms with Crippen molar-refractivity contribution in [2.24, 2.45) is 5.73 Å². The molecule has 0 aromatic carbocycles. The molecule has 1 aliphatic carbocycles. The Balaban J connectivity index is 1.58. The molecule has 1 fully saturated rings. The summed E-state index contributed by atoms with van der Waals surface area (Å²) in [4.78, 5) is 22.5. The van der Waals surface area contributed by atoms with E-state index < -0.39 is 5.91 Å². The Morgan fingerprint density at radius 1 is 1.33 bits per heavy atom. The lowest BCUT2D eigenvalue weighted by atomic mass is 10.0. The van der Waals surface area contributed by atoms with Gasteiger partial charge in [-0.25, -0.2) is 4.98 Å². The largest absolute Gasteiger partial charge is 0.369 e. The van der Waals surface area contributed by atoms with Crippen LogP contribution in [0, 0.1) is 6.92 Å². The van der Waals surface area contributed by atoms with Crippen molar-refractivity contribution >= 4 is 11.6 Å². The maximum absolute atomic E-state index is 11.4. The highest BCUT2D eigenvalue weighted by molar-refractivity contribution is 5.91. The zero-order valence-electron chi connectivity index (χ0n) is 14.0. The highest BCUT2D eigenvalue weighted by Crippen LogP contribution is 2.32. The lowest BCUT2D eigenvalue weighted by molar-refractivity contribution is 0.0995. The van der Waals surface area contributed by atoms with Crippen LogP contribution < -0.4 is 10.6 Å². The van der Waals surface area contributed by atoms with E-state index in [1.54, 1.807) is 12.3 Å². The molecule has 2 N–H and O–H groups in total. The van der Waals surface area contributed by atoms with Crippen LogP contribution in [0.25, 0.3) is 0 Å². The van der Waals surface area contributed by atoms with Gasteiger partial charge in [-0.3, -0.25) is 9.78 Å². The molecule has 6 nitrogen and oxygen atoms in total. The minimum absolute atomic E-state index is 0.326. The van der Waals surface area contributed by atoms with E-state index in [4.69, 9.17) is 10.7 Å². The third-order valence-corrected chi connectivity index (χ3v) is 5.24. The van der Waals surface area contributed by atoms with Crippen molar-refractivity contribution in [1.82, 2.24) is 14.5 Å².